The first-order valence-corrected chi connectivity index (χ1v) is 6.10. The molecule has 3 fully saturated rings. The lowest BCUT2D eigenvalue weighted by atomic mass is 10.1. The van der Waals surface area contributed by atoms with E-state index in [1.54, 1.807) is 0 Å². The van der Waals surface area contributed by atoms with Gasteiger partial charge in [-0.15, -0.1) is 0 Å². The standard InChI is InChI=1S/C11H19NO4/c12-7-5-14-11-8(6-15-10(7)11)16-9-3-1-2-4-13-9/h7-11H,1-6,12H2. The van der Waals surface area contributed by atoms with Crippen molar-refractivity contribution in [1.29, 1.82) is 0 Å². The Morgan fingerprint density at radius 3 is 2.69 bits per heavy atom. The van der Waals surface area contributed by atoms with E-state index in [2.05, 4.69) is 0 Å². The average molecular weight is 229 g/mol. The summed E-state index contributed by atoms with van der Waals surface area (Å²) in [6.07, 6.45) is 3.19. The van der Waals surface area contributed by atoms with Crippen LogP contribution in [0.25, 0.3) is 0 Å². The number of hydrogen-bond acceptors (Lipinski definition) is 5. The predicted octanol–water partition coefficient (Wildman–Crippen LogP) is 0.0231. The fourth-order valence-electron chi connectivity index (χ4n) is 2.62. The number of hydrogen-bond donors (Lipinski definition) is 1. The van der Waals surface area contributed by atoms with E-state index < -0.39 is 0 Å². The summed E-state index contributed by atoms with van der Waals surface area (Å²) in [6, 6.07) is -0.00845. The van der Waals surface area contributed by atoms with Crippen LogP contribution in [0.3, 0.4) is 0 Å². The molecule has 0 amide bonds. The average Bonchev–Trinajstić information content (AvgIpc) is 2.86. The Bertz CT molecular complexity index is 244. The van der Waals surface area contributed by atoms with E-state index in [0.717, 1.165) is 19.4 Å². The Hall–Kier alpha value is -0.200. The lowest BCUT2D eigenvalue weighted by Crippen LogP contribution is -2.39. The van der Waals surface area contributed by atoms with E-state index >= 15 is 0 Å². The molecule has 3 aliphatic rings. The van der Waals surface area contributed by atoms with Crippen molar-refractivity contribution in [3.8, 4) is 0 Å². The molecule has 5 atom stereocenters. The highest BCUT2D eigenvalue weighted by Gasteiger charge is 2.47. The molecule has 3 rings (SSSR count). The maximum atomic E-state index is 5.89. The molecule has 5 nitrogen and oxygen atoms in total. The van der Waals surface area contributed by atoms with Gasteiger partial charge >= 0.3 is 0 Å². The van der Waals surface area contributed by atoms with Crippen molar-refractivity contribution < 1.29 is 18.9 Å². The first kappa shape index (κ1) is 10.9. The Morgan fingerprint density at radius 2 is 1.88 bits per heavy atom. The van der Waals surface area contributed by atoms with Gasteiger partial charge in [0.1, 0.15) is 18.3 Å². The largest absolute Gasteiger partial charge is 0.371 e. The van der Waals surface area contributed by atoms with Crippen molar-refractivity contribution in [3.63, 3.8) is 0 Å². The van der Waals surface area contributed by atoms with Crippen molar-refractivity contribution >= 4 is 0 Å². The summed E-state index contributed by atoms with van der Waals surface area (Å²) < 4.78 is 22.7. The summed E-state index contributed by atoms with van der Waals surface area (Å²) in [5, 5.41) is 0. The molecule has 0 spiro atoms. The second kappa shape index (κ2) is 4.58. The summed E-state index contributed by atoms with van der Waals surface area (Å²) >= 11 is 0. The highest BCUT2D eigenvalue weighted by atomic mass is 16.7. The molecule has 5 heteroatoms. The van der Waals surface area contributed by atoms with Crippen LogP contribution in [0.2, 0.25) is 0 Å². The minimum absolute atomic E-state index is 0.000488. The smallest absolute Gasteiger partial charge is 0.158 e. The van der Waals surface area contributed by atoms with E-state index in [9.17, 15) is 0 Å². The van der Waals surface area contributed by atoms with Gasteiger partial charge in [0.25, 0.3) is 0 Å². The highest BCUT2D eigenvalue weighted by Crippen LogP contribution is 2.29. The van der Waals surface area contributed by atoms with Gasteiger partial charge in [0.15, 0.2) is 6.29 Å². The van der Waals surface area contributed by atoms with Crippen LogP contribution in [0.5, 0.6) is 0 Å². The molecule has 0 aromatic carbocycles. The van der Waals surface area contributed by atoms with Gasteiger partial charge in [0.05, 0.1) is 19.3 Å². The SMILES string of the molecule is NC1COC2C(OC3CCCCO3)COC12. The summed E-state index contributed by atoms with van der Waals surface area (Å²) in [4.78, 5) is 0. The molecule has 0 bridgehead atoms. The predicted molar refractivity (Wildman–Crippen MR) is 55.9 cm³/mol. The summed E-state index contributed by atoms with van der Waals surface area (Å²) in [5.41, 5.74) is 5.88. The molecule has 16 heavy (non-hydrogen) atoms. The van der Waals surface area contributed by atoms with Crippen molar-refractivity contribution in [3.05, 3.63) is 0 Å². The Kier molecular flexibility index (Phi) is 3.13. The third-order valence-corrected chi connectivity index (χ3v) is 3.51. The number of fused-ring (bicyclic) bond motifs is 1. The van der Waals surface area contributed by atoms with Crippen LogP contribution >= 0.6 is 0 Å². The van der Waals surface area contributed by atoms with Crippen molar-refractivity contribution in [2.24, 2.45) is 5.73 Å². The van der Waals surface area contributed by atoms with Crippen molar-refractivity contribution in [2.75, 3.05) is 19.8 Å². The van der Waals surface area contributed by atoms with Crippen LogP contribution < -0.4 is 5.73 Å². The molecule has 92 valence electrons. The zero-order chi connectivity index (χ0) is 11.0. The Morgan fingerprint density at radius 1 is 1.00 bits per heavy atom. The van der Waals surface area contributed by atoms with E-state index in [0.29, 0.717) is 13.2 Å². The molecule has 3 aliphatic heterocycles. The van der Waals surface area contributed by atoms with Gasteiger partial charge in [-0.2, -0.15) is 0 Å². The normalized spacial score (nSPS) is 48.2. The fourth-order valence-corrected chi connectivity index (χ4v) is 2.62. The van der Waals surface area contributed by atoms with Gasteiger partial charge in [-0.3, -0.25) is 0 Å². The zero-order valence-corrected chi connectivity index (χ0v) is 9.34. The first-order valence-electron chi connectivity index (χ1n) is 6.10. The Balaban J connectivity index is 1.55. The van der Waals surface area contributed by atoms with Crippen molar-refractivity contribution in [2.45, 2.75) is 49.9 Å². The van der Waals surface area contributed by atoms with Gasteiger partial charge in [-0.05, 0) is 19.3 Å². The summed E-state index contributed by atoms with van der Waals surface area (Å²) in [6.45, 7) is 1.94. The third kappa shape index (κ3) is 1.98. The maximum absolute atomic E-state index is 5.89. The number of nitrogens with two attached hydrogens (primary N) is 1. The van der Waals surface area contributed by atoms with Crippen molar-refractivity contribution in [1.82, 2.24) is 0 Å². The van der Waals surface area contributed by atoms with Crippen LogP contribution in [0.4, 0.5) is 0 Å². The van der Waals surface area contributed by atoms with E-state index in [1.807, 2.05) is 0 Å². The zero-order valence-electron chi connectivity index (χ0n) is 9.34. The molecule has 0 radical (unpaired) electrons. The second-order valence-corrected chi connectivity index (χ2v) is 4.73. The van der Waals surface area contributed by atoms with E-state index in [-0.39, 0.29) is 30.6 Å². The van der Waals surface area contributed by atoms with Gasteiger partial charge in [-0.25, -0.2) is 0 Å². The molecular weight excluding hydrogens is 210 g/mol. The van der Waals surface area contributed by atoms with Crippen LogP contribution in [0.1, 0.15) is 19.3 Å². The van der Waals surface area contributed by atoms with E-state index in [1.165, 1.54) is 6.42 Å². The molecule has 5 unspecified atom stereocenters. The van der Waals surface area contributed by atoms with Crippen LogP contribution in [-0.4, -0.2) is 50.5 Å². The van der Waals surface area contributed by atoms with Gasteiger partial charge in [0.2, 0.25) is 0 Å². The summed E-state index contributed by atoms with van der Waals surface area (Å²) in [5.74, 6) is 0. The maximum Gasteiger partial charge on any atom is 0.158 e. The molecule has 3 heterocycles. The van der Waals surface area contributed by atoms with Crippen LogP contribution in [0, 0.1) is 0 Å². The molecule has 0 aromatic rings. The monoisotopic (exact) mass is 229 g/mol. The quantitative estimate of drug-likeness (QED) is 0.723. The molecule has 0 saturated carbocycles. The van der Waals surface area contributed by atoms with Gasteiger partial charge < -0.3 is 24.7 Å². The minimum Gasteiger partial charge on any atom is -0.371 e. The summed E-state index contributed by atoms with van der Waals surface area (Å²) in [7, 11) is 0. The molecule has 2 N–H and O–H groups in total. The van der Waals surface area contributed by atoms with Crippen LogP contribution in [-0.2, 0) is 18.9 Å². The van der Waals surface area contributed by atoms with Gasteiger partial charge in [0, 0.05) is 6.61 Å². The molecule has 0 aromatic heterocycles. The fraction of sp³-hybridized carbons (Fsp3) is 1.00. The molecule has 3 saturated heterocycles. The minimum atomic E-state index is -0.0819. The molecular formula is C11H19NO4. The molecule has 0 aliphatic carbocycles. The number of rotatable bonds is 2. The Labute approximate surface area is 95.2 Å². The van der Waals surface area contributed by atoms with E-state index in [4.69, 9.17) is 24.7 Å². The topological polar surface area (TPSA) is 62.9 Å². The first-order chi connectivity index (χ1) is 7.84. The third-order valence-electron chi connectivity index (χ3n) is 3.51. The highest BCUT2D eigenvalue weighted by molar-refractivity contribution is 4.97. The lowest BCUT2D eigenvalue weighted by molar-refractivity contribution is -0.201. The van der Waals surface area contributed by atoms with Crippen LogP contribution in [0.15, 0.2) is 0 Å². The second-order valence-electron chi connectivity index (χ2n) is 4.73. The number of ether oxygens (including phenoxy) is 4. The van der Waals surface area contributed by atoms with Gasteiger partial charge in [-0.1, -0.05) is 0 Å². The lowest BCUT2D eigenvalue weighted by Gasteiger charge is -2.27.